The van der Waals surface area contributed by atoms with Gasteiger partial charge in [0.2, 0.25) is 0 Å². The molecule has 0 aliphatic heterocycles. The number of imidazole rings is 1. The first-order valence-corrected chi connectivity index (χ1v) is 19.3. The predicted octanol–water partition coefficient (Wildman–Crippen LogP) is 6.31. The molecule has 0 atom stereocenters. The summed E-state index contributed by atoms with van der Waals surface area (Å²) in [7, 11) is 0. The molecule has 1 heterocycles. The molecule has 0 saturated heterocycles. The van der Waals surface area contributed by atoms with Crippen molar-refractivity contribution >= 4 is 22.0 Å². The Labute approximate surface area is 178 Å². The van der Waals surface area contributed by atoms with Crippen molar-refractivity contribution < 1.29 is 4.57 Å². The molecule has 2 rings (SSSR count). The van der Waals surface area contributed by atoms with Crippen LogP contribution in [-0.2, 0) is 13.1 Å². The van der Waals surface area contributed by atoms with Gasteiger partial charge >= 0.3 is 179 Å². The molecule has 0 bridgehead atoms. The SMILES string of the molecule is CCC[CH2][Sn]([CH2]CCC)([CH2]CCCCC[n+]1ccn(CC)c1)[c]1ccccc1. The van der Waals surface area contributed by atoms with Crippen molar-refractivity contribution in [1.29, 1.82) is 0 Å². The van der Waals surface area contributed by atoms with E-state index < -0.39 is 18.4 Å². The van der Waals surface area contributed by atoms with Crippen molar-refractivity contribution in [2.75, 3.05) is 0 Å². The molecule has 2 aromatic rings. The molecule has 0 amide bonds. The Morgan fingerprint density at radius 3 is 2.04 bits per heavy atom. The van der Waals surface area contributed by atoms with Gasteiger partial charge < -0.3 is 0 Å². The molecule has 0 spiro atoms. The zero-order chi connectivity index (χ0) is 20.1. The second-order valence-electron chi connectivity index (χ2n) is 8.50. The molecule has 0 aliphatic carbocycles. The van der Waals surface area contributed by atoms with Gasteiger partial charge in [0.05, 0.1) is 0 Å². The van der Waals surface area contributed by atoms with Crippen molar-refractivity contribution in [3.63, 3.8) is 0 Å². The molecule has 2 nitrogen and oxygen atoms in total. The summed E-state index contributed by atoms with van der Waals surface area (Å²) < 4.78 is 11.1. The molecule has 1 aromatic heterocycles. The van der Waals surface area contributed by atoms with Crippen LogP contribution in [0.15, 0.2) is 49.1 Å². The Bertz CT molecular complexity index is 627. The van der Waals surface area contributed by atoms with Gasteiger partial charge in [-0.2, -0.15) is 0 Å². The van der Waals surface area contributed by atoms with Crippen LogP contribution in [0.25, 0.3) is 0 Å². The van der Waals surface area contributed by atoms with Crippen molar-refractivity contribution in [1.82, 2.24) is 4.57 Å². The number of rotatable bonds is 15. The van der Waals surface area contributed by atoms with Crippen LogP contribution in [0.5, 0.6) is 0 Å². The second kappa shape index (κ2) is 13.5. The normalized spacial score (nSPS) is 11.8. The van der Waals surface area contributed by atoms with Crippen molar-refractivity contribution in [2.24, 2.45) is 0 Å². The van der Waals surface area contributed by atoms with E-state index in [4.69, 9.17) is 0 Å². The third-order valence-electron chi connectivity index (χ3n) is 6.34. The van der Waals surface area contributed by atoms with Gasteiger partial charge in [0.25, 0.3) is 0 Å². The number of hydrogen-bond acceptors (Lipinski definition) is 0. The van der Waals surface area contributed by atoms with E-state index >= 15 is 0 Å². The van der Waals surface area contributed by atoms with Crippen LogP contribution in [-0.4, -0.2) is 22.9 Å². The molecule has 0 aliphatic rings. The third-order valence-corrected chi connectivity index (χ3v) is 22.0. The summed E-state index contributed by atoms with van der Waals surface area (Å²) in [6, 6.07) is 11.7. The zero-order valence-corrected chi connectivity index (χ0v) is 21.6. The first kappa shape index (κ1) is 23.5. The number of benzene rings is 1. The fraction of sp³-hybridized carbons (Fsp3) is 0.640. The fourth-order valence-corrected chi connectivity index (χ4v) is 20.2. The Hall–Kier alpha value is -0.771. The number of nitrogens with zero attached hydrogens (tertiary/aromatic N) is 2. The average Bonchev–Trinajstić information content (AvgIpc) is 3.21. The Balaban J connectivity index is 1.86. The number of aryl methyl sites for hydroxylation is 2. The molecule has 0 saturated carbocycles. The van der Waals surface area contributed by atoms with Gasteiger partial charge in [-0.15, -0.1) is 0 Å². The van der Waals surface area contributed by atoms with Gasteiger partial charge in [0.15, 0.2) is 0 Å². The van der Waals surface area contributed by atoms with Crippen molar-refractivity contribution in [3.05, 3.63) is 49.1 Å². The van der Waals surface area contributed by atoms with Crippen molar-refractivity contribution in [2.45, 2.75) is 98.5 Å². The van der Waals surface area contributed by atoms with E-state index in [1.54, 1.807) is 16.9 Å². The van der Waals surface area contributed by atoms with E-state index in [-0.39, 0.29) is 0 Å². The van der Waals surface area contributed by atoms with Crippen LogP contribution in [0.3, 0.4) is 0 Å². The molecule has 3 heteroatoms. The van der Waals surface area contributed by atoms with Crippen LogP contribution in [0.1, 0.15) is 72.1 Å². The first-order valence-electron chi connectivity index (χ1n) is 11.8. The third kappa shape index (κ3) is 7.57. The summed E-state index contributed by atoms with van der Waals surface area (Å²) >= 11 is -2.24. The average molecular weight is 490 g/mol. The van der Waals surface area contributed by atoms with Crippen LogP contribution in [0.4, 0.5) is 0 Å². The van der Waals surface area contributed by atoms with E-state index in [1.165, 1.54) is 57.9 Å². The topological polar surface area (TPSA) is 8.81 Å². The number of hydrogen-bond donors (Lipinski definition) is 0. The number of unbranched alkanes of at least 4 members (excludes halogenated alkanes) is 5. The van der Waals surface area contributed by atoms with Gasteiger partial charge in [-0.25, -0.2) is 0 Å². The van der Waals surface area contributed by atoms with E-state index in [0.717, 1.165) is 6.54 Å². The fourth-order valence-electron chi connectivity index (χ4n) is 4.50. The Kier molecular flexibility index (Phi) is 11.3. The molecule has 1 aromatic carbocycles. The molecule has 0 N–H and O–H groups in total. The van der Waals surface area contributed by atoms with Crippen molar-refractivity contribution in [3.8, 4) is 0 Å². The van der Waals surface area contributed by atoms with Gasteiger partial charge in [-0.1, -0.05) is 0 Å². The summed E-state index contributed by atoms with van der Waals surface area (Å²) in [6.45, 7) is 9.17. The summed E-state index contributed by atoms with van der Waals surface area (Å²) in [5, 5.41) is 0. The van der Waals surface area contributed by atoms with Gasteiger partial charge in [0, 0.05) is 0 Å². The van der Waals surface area contributed by atoms with Crippen LogP contribution in [0, 0.1) is 0 Å². The summed E-state index contributed by atoms with van der Waals surface area (Å²) in [5.41, 5.74) is 0. The molecule has 0 radical (unpaired) electrons. The van der Waals surface area contributed by atoms with Crippen LogP contribution in [0.2, 0.25) is 13.3 Å². The van der Waals surface area contributed by atoms with E-state index in [9.17, 15) is 0 Å². The first-order chi connectivity index (χ1) is 13.7. The van der Waals surface area contributed by atoms with Gasteiger partial charge in [-0.05, 0) is 0 Å². The molecule has 0 unspecified atom stereocenters. The summed E-state index contributed by atoms with van der Waals surface area (Å²) in [4.78, 5) is 0. The summed E-state index contributed by atoms with van der Waals surface area (Å²) in [6.07, 6.45) is 17.8. The summed E-state index contributed by atoms with van der Waals surface area (Å²) in [5.74, 6) is 0. The molecule has 0 fully saturated rings. The predicted molar refractivity (Wildman–Crippen MR) is 125 cm³/mol. The van der Waals surface area contributed by atoms with E-state index in [2.05, 4.69) is 79.0 Å². The Morgan fingerprint density at radius 2 is 1.43 bits per heavy atom. The quantitative estimate of drug-likeness (QED) is 0.157. The molecular weight excluding hydrogens is 447 g/mol. The maximum absolute atomic E-state index is 2.48. The van der Waals surface area contributed by atoms with Crippen LogP contribution < -0.4 is 8.15 Å². The van der Waals surface area contributed by atoms with E-state index in [0.29, 0.717) is 0 Å². The molecule has 28 heavy (non-hydrogen) atoms. The maximum atomic E-state index is 2.48. The number of aromatic nitrogens is 2. The zero-order valence-electron chi connectivity index (χ0n) is 18.7. The minimum absolute atomic E-state index is 1.07. The standard InChI is InChI=1S/C11H20N2.C6H5.2C4H9.Sn/c1-3-5-6-7-8-13-10-9-12(4-2)11-13;1-2-4-6-5-3-1;2*1-3-4-2;/h9-11H,1,3-8H2,2H3;1-5H;2*1,3-4H2,2H3;/q+1;;;;. The monoisotopic (exact) mass is 491 g/mol. The second-order valence-corrected chi connectivity index (χ2v) is 21.7. The van der Waals surface area contributed by atoms with Gasteiger partial charge in [-0.3, -0.25) is 0 Å². The molecular formula is C25H43N2Sn+. The van der Waals surface area contributed by atoms with E-state index in [1.807, 2.05) is 0 Å². The minimum atomic E-state index is -2.24. The van der Waals surface area contributed by atoms with Crippen LogP contribution >= 0.6 is 0 Å². The molecule has 156 valence electrons. The van der Waals surface area contributed by atoms with Gasteiger partial charge in [0.1, 0.15) is 0 Å². The Morgan fingerprint density at radius 1 is 0.786 bits per heavy atom.